The number of hydroxylamine groups is 2. The van der Waals surface area contributed by atoms with Crippen LogP contribution >= 0.6 is 11.3 Å². The molecule has 0 fully saturated rings. The molecule has 3 N–H and O–H groups in total. The van der Waals surface area contributed by atoms with Crippen LogP contribution in [0.25, 0.3) is 10.6 Å². The summed E-state index contributed by atoms with van der Waals surface area (Å²) in [6, 6.07) is 8.82. The fourth-order valence-electron chi connectivity index (χ4n) is 1.32. The number of amides is 2. The van der Waals surface area contributed by atoms with Gasteiger partial charge in [-0.1, -0.05) is 30.3 Å². The standard InChI is InChI=1S/C11H11N3O2S/c12-11(15)14(16)7-9-6-13-10(17-9)8-4-2-1-3-5-8/h1-6,16H,7H2,(H2,12,15). The largest absolute Gasteiger partial charge is 0.350 e. The molecule has 0 saturated carbocycles. The molecule has 6 heteroatoms. The molecule has 0 spiro atoms. The molecule has 17 heavy (non-hydrogen) atoms. The highest BCUT2D eigenvalue weighted by Crippen LogP contribution is 2.25. The Morgan fingerprint density at radius 2 is 2.12 bits per heavy atom. The van der Waals surface area contributed by atoms with E-state index in [2.05, 4.69) is 4.98 Å². The van der Waals surface area contributed by atoms with E-state index < -0.39 is 6.03 Å². The summed E-state index contributed by atoms with van der Waals surface area (Å²) >= 11 is 1.41. The van der Waals surface area contributed by atoms with Crippen molar-refractivity contribution >= 4 is 17.4 Å². The summed E-state index contributed by atoms with van der Waals surface area (Å²) in [6.45, 7) is 0.0554. The van der Waals surface area contributed by atoms with Crippen molar-refractivity contribution in [3.63, 3.8) is 0 Å². The van der Waals surface area contributed by atoms with Crippen LogP contribution < -0.4 is 5.73 Å². The van der Waals surface area contributed by atoms with Crippen LogP contribution in [-0.4, -0.2) is 21.3 Å². The Balaban J connectivity index is 2.14. The monoisotopic (exact) mass is 249 g/mol. The molecule has 2 rings (SSSR count). The molecule has 0 aliphatic carbocycles. The van der Waals surface area contributed by atoms with Gasteiger partial charge in [-0.3, -0.25) is 5.21 Å². The Bertz CT molecular complexity index is 512. The maximum Gasteiger partial charge on any atom is 0.338 e. The molecule has 2 aromatic rings. The van der Waals surface area contributed by atoms with Crippen LogP contribution in [-0.2, 0) is 6.54 Å². The van der Waals surface area contributed by atoms with Gasteiger partial charge in [0.2, 0.25) is 0 Å². The normalized spacial score (nSPS) is 10.2. The molecule has 0 radical (unpaired) electrons. The highest BCUT2D eigenvalue weighted by molar-refractivity contribution is 7.15. The second kappa shape index (κ2) is 4.94. The van der Waals surface area contributed by atoms with Crippen LogP contribution in [0.15, 0.2) is 36.5 Å². The smallest absolute Gasteiger partial charge is 0.338 e. The summed E-state index contributed by atoms with van der Waals surface area (Å²) in [7, 11) is 0. The molecule has 1 heterocycles. The lowest BCUT2D eigenvalue weighted by Gasteiger charge is -2.08. The lowest BCUT2D eigenvalue weighted by atomic mass is 10.2. The van der Waals surface area contributed by atoms with Gasteiger partial charge >= 0.3 is 6.03 Å². The van der Waals surface area contributed by atoms with Crippen molar-refractivity contribution in [2.75, 3.05) is 0 Å². The van der Waals surface area contributed by atoms with Crippen molar-refractivity contribution in [1.82, 2.24) is 10.0 Å². The molecule has 1 aromatic carbocycles. The summed E-state index contributed by atoms with van der Waals surface area (Å²) in [6.07, 6.45) is 1.62. The Hall–Kier alpha value is -1.92. The SMILES string of the molecule is NC(=O)N(O)Cc1cnc(-c2ccccc2)s1. The van der Waals surface area contributed by atoms with Gasteiger partial charge in [-0.15, -0.1) is 11.3 Å². The number of hydrogen-bond donors (Lipinski definition) is 2. The minimum atomic E-state index is -0.875. The van der Waals surface area contributed by atoms with Gasteiger partial charge in [0.1, 0.15) is 5.01 Å². The van der Waals surface area contributed by atoms with E-state index in [1.807, 2.05) is 30.3 Å². The van der Waals surface area contributed by atoms with Crippen LogP contribution in [0.2, 0.25) is 0 Å². The number of nitrogens with two attached hydrogens (primary N) is 1. The quantitative estimate of drug-likeness (QED) is 0.645. The predicted octanol–water partition coefficient (Wildman–Crippen LogP) is 2.08. The van der Waals surface area contributed by atoms with E-state index in [1.165, 1.54) is 11.3 Å². The summed E-state index contributed by atoms with van der Waals surface area (Å²) in [5.41, 5.74) is 5.93. The van der Waals surface area contributed by atoms with E-state index in [0.717, 1.165) is 15.4 Å². The van der Waals surface area contributed by atoms with Crippen molar-refractivity contribution in [1.29, 1.82) is 0 Å². The molecule has 0 saturated heterocycles. The lowest BCUT2D eigenvalue weighted by Crippen LogP contribution is -2.31. The number of thiazole rings is 1. The lowest BCUT2D eigenvalue weighted by molar-refractivity contribution is -0.0463. The predicted molar refractivity (Wildman–Crippen MR) is 64.5 cm³/mol. The van der Waals surface area contributed by atoms with Crippen LogP contribution in [0, 0.1) is 0 Å². The first-order chi connectivity index (χ1) is 8.16. The maximum absolute atomic E-state index is 10.7. The fourth-order valence-corrected chi connectivity index (χ4v) is 2.22. The average molecular weight is 249 g/mol. The number of hydrogen-bond acceptors (Lipinski definition) is 4. The Labute approximate surface area is 102 Å². The molecule has 0 atom stereocenters. The van der Waals surface area contributed by atoms with Gasteiger partial charge in [-0.25, -0.2) is 14.8 Å². The Morgan fingerprint density at radius 3 is 2.76 bits per heavy atom. The van der Waals surface area contributed by atoms with E-state index in [-0.39, 0.29) is 6.54 Å². The first-order valence-corrected chi connectivity index (χ1v) is 5.74. The summed E-state index contributed by atoms with van der Waals surface area (Å²) in [5.74, 6) is 0. The zero-order valence-corrected chi connectivity index (χ0v) is 9.72. The minimum Gasteiger partial charge on any atom is -0.350 e. The molecule has 0 bridgehead atoms. The van der Waals surface area contributed by atoms with Gasteiger partial charge in [-0.2, -0.15) is 0 Å². The van der Waals surface area contributed by atoms with Crippen molar-refractivity contribution < 1.29 is 10.0 Å². The Kier molecular flexibility index (Phi) is 3.36. The highest BCUT2D eigenvalue weighted by atomic mass is 32.1. The van der Waals surface area contributed by atoms with Gasteiger partial charge in [0, 0.05) is 16.6 Å². The molecule has 88 valence electrons. The summed E-state index contributed by atoms with van der Waals surface area (Å²) < 4.78 is 0. The zero-order chi connectivity index (χ0) is 12.3. The number of urea groups is 1. The molecular weight excluding hydrogens is 238 g/mol. The van der Waals surface area contributed by atoms with Crippen LogP contribution in [0.5, 0.6) is 0 Å². The number of aromatic nitrogens is 1. The van der Waals surface area contributed by atoms with Crippen LogP contribution in [0.1, 0.15) is 4.88 Å². The van der Waals surface area contributed by atoms with Gasteiger partial charge in [-0.05, 0) is 0 Å². The summed E-state index contributed by atoms with van der Waals surface area (Å²) in [5, 5.41) is 10.5. The molecule has 5 nitrogen and oxygen atoms in total. The molecule has 0 aliphatic rings. The Morgan fingerprint density at radius 1 is 1.41 bits per heavy atom. The van der Waals surface area contributed by atoms with Crippen LogP contribution in [0.3, 0.4) is 0 Å². The number of nitrogens with zero attached hydrogens (tertiary/aromatic N) is 2. The second-order valence-corrected chi connectivity index (χ2v) is 4.51. The van der Waals surface area contributed by atoms with Crippen molar-refractivity contribution in [3.8, 4) is 10.6 Å². The van der Waals surface area contributed by atoms with Crippen LogP contribution in [0.4, 0.5) is 4.79 Å². The van der Waals surface area contributed by atoms with E-state index in [0.29, 0.717) is 5.06 Å². The van der Waals surface area contributed by atoms with Gasteiger partial charge in [0.15, 0.2) is 0 Å². The van der Waals surface area contributed by atoms with Gasteiger partial charge < -0.3 is 5.73 Å². The average Bonchev–Trinajstić information content (AvgIpc) is 2.78. The first-order valence-electron chi connectivity index (χ1n) is 4.93. The van der Waals surface area contributed by atoms with E-state index in [9.17, 15) is 10.0 Å². The first kappa shape index (κ1) is 11.6. The van der Waals surface area contributed by atoms with Gasteiger partial charge in [0.05, 0.1) is 6.54 Å². The third kappa shape index (κ3) is 2.80. The molecule has 0 unspecified atom stereocenters. The third-order valence-electron chi connectivity index (χ3n) is 2.13. The number of primary amides is 1. The highest BCUT2D eigenvalue weighted by Gasteiger charge is 2.10. The van der Waals surface area contributed by atoms with E-state index in [4.69, 9.17) is 5.73 Å². The topological polar surface area (TPSA) is 79.5 Å². The number of carbonyl (C=O) groups excluding carboxylic acids is 1. The van der Waals surface area contributed by atoms with E-state index >= 15 is 0 Å². The van der Waals surface area contributed by atoms with Crippen molar-refractivity contribution in [3.05, 3.63) is 41.4 Å². The number of benzene rings is 1. The minimum absolute atomic E-state index is 0.0554. The molecule has 2 amide bonds. The van der Waals surface area contributed by atoms with Crippen molar-refractivity contribution in [2.45, 2.75) is 6.54 Å². The number of carbonyl (C=O) groups is 1. The molecular formula is C11H11N3O2S. The molecule has 0 aliphatic heterocycles. The van der Waals surface area contributed by atoms with E-state index in [1.54, 1.807) is 6.20 Å². The molecule has 1 aromatic heterocycles. The second-order valence-electron chi connectivity index (χ2n) is 3.39. The number of rotatable bonds is 3. The maximum atomic E-state index is 10.7. The summed E-state index contributed by atoms with van der Waals surface area (Å²) in [4.78, 5) is 15.7. The fraction of sp³-hybridized carbons (Fsp3) is 0.0909. The van der Waals surface area contributed by atoms with Crippen molar-refractivity contribution in [2.24, 2.45) is 5.73 Å². The van der Waals surface area contributed by atoms with Gasteiger partial charge in [0.25, 0.3) is 0 Å². The third-order valence-corrected chi connectivity index (χ3v) is 3.17. The zero-order valence-electron chi connectivity index (χ0n) is 8.91.